The molecule has 1 saturated heterocycles. The lowest BCUT2D eigenvalue weighted by molar-refractivity contribution is 0.538. The molecule has 4 heterocycles. The Hall–Kier alpha value is -3.73. The van der Waals surface area contributed by atoms with Crippen LogP contribution in [-0.2, 0) is 13.5 Å². The standard InChI is InChI=1S/C28H27N5/c1-32-14-10-22-7-8-23(18-26(22)32)24-16-21(17-25-28(24)31-13-12-29-25)6-5-20-9-15-33(19-20)27-4-2-3-11-30-27/h2-4,7-8,10-14,16-18,20H,5-6,9,15,19H2,1H3/t20-/m0/s1. The minimum Gasteiger partial charge on any atom is -0.356 e. The monoisotopic (exact) mass is 433 g/mol. The van der Waals surface area contributed by atoms with E-state index in [-0.39, 0.29) is 0 Å². The lowest BCUT2D eigenvalue weighted by Gasteiger charge is -2.17. The van der Waals surface area contributed by atoms with Crippen molar-refractivity contribution in [2.24, 2.45) is 13.0 Å². The Bertz CT molecular complexity index is 1420. The summed E-state index contributed by atoms with van der Waals surface area (Å²) in [6.45, 7) is 2.17. The summed E-state index contributed by atoms with van der Waals surface area (Å²) in [4.78, 5) is 16.3. The van der Waals surface area contributed by atoms with Gasteiger partial charge in [-0.15, -0.1) is 0 Å². The van der Waals surface area contributed by atoms with Crippen LogP contribution in [0.3, 0.4) is 0 Å². The minimum absolute atomic E-state index is 0.688. The van der Waals surface area contributed by atoms with E-state index in [1.807, 2.05) is 12.3 Å². The molecule has 0 aliphatic carbocycles. The predicted octanol–water partition coefficient (Wildman–Crippen LogP) is 5.64. The fourth-order valence-electron chi connectivity index (χ4n) is 5.12. The molecule has 6 rings (SSSR count). The van der Waals surface area contributed by atoms with Crippen molar-refractivity contribution in [3.05, 3.63) is 84.9 Å². The summed E-state index contributed by atoms with van der Waals surface area (Å²) in [5.74, 6) is 1.78. The van der Waals surface area contributed by atoms with Crippen LogP contribution in [0.4, 0.5) is 5.82 Å². The summed E-state index contributed by atoms with van der Waals surface area (Å²) in [7, 11) is 2.09. The Balaban J connectivity index is 1.27. The molecule has 5 nitrogen and oxygen atoms in total. The van der Waals surface area contributed by atoms with Crippen LogP contribution in [0.2, 0.25) is 0 Å². The average Bonchev–Trinajstić information content (AvgIpc) is 3.49. The van der Waals surface area contributed by atoms with Crippen LogP contribution in [0.5, 0.6) is 0 Å². The topological polar surface area (TPSA) is 46.8 Å². The van der Waals surface area contributed by atoms with Gasteiger partial charge in [0.25, 0.3) is 0 Å². The van der Waals surface area contributed by atoms with Crippen LogP contribution in [0.15, 0.2) is 79.4 Å². The lowest BCUT2D eigenvalue weighted by Crippen LogP contribution is -2.20. The number of benzene rings is 2. The first kappa shape index (κ1) is 19.9. The molecular weight excluding hydrogens is 406 g/mol. The molecule has 1 fully saturated rings. The number of anilines is 1. The van der Waals surface area contributed by atoms with E-state index in [4.69, 9.17) is 0 Å². The van der Waals surface area contributed by atoms with E-state index in [0.29, 0.717) is 5.92 Å². The largest absolute Gasteiger partial charge is 0.356 e. The first-order valence-electron chi connectivity index (χ1n) is 11.7. The van der Waals surface area contributed by atoms with Crippen molar-refractivity contribution in [3.63, 3.8) is 0 Å². The zero-order valence-electron chi connectivity index (χ0n) is 18.9. The first-order valence-corrected chi connectivity index (χ1v) is 11.7. The number of pyridine rings is 1. The van der Waals surface area contributed by atoms with Crippen LogP contribution < -0.4 is 4.90 Å². The van der Waals surface area contributed by atoms with Gasteiger partial charge >= 0.3 is 0 Å². The quantitative estimate of drug-likeness (QED) is 0.360. The van der Waals surface area contributed by atoms with E-state index in [1.54, 1.807) is 12.4 Å². The number of nitrogens with zero attached hydrogens (tertiary/aromatic N) is 5. The molecule has 1 atom stereocenters. The molecule has 1 aliphatic heterocycles. The van der Waals surface area contributed by atoms with Gasteiger partial charge in [0.15, 0.2) is 0 Å². The van der Waals surface area contributed by atoms with Crippen molar-refractivity contribution in [2.75, 3.05) is 18.0 Å². The molecule has 2 aromatic carbocycles. The molecule has 5 heteroatoms. The second kappa shape index (κ2) is 8.32. The molecule has 33 heavy (non-hydrogen) atoms. The van der Waals surface area contributed by atoms with Gasteiger partial charge in [-0.05, 0) is 78.1 Å². The fraction of sp³-hybridized carbons (Fsp3) is 0.250. The number of hydrogen-bond donors (Lipinski definition) is 0. The van der Waals surface area contributed by atoms with Crippen molar-refractivity contribution in [2.45, 2.75) is 19.3 Å². The van der Waals surface area contributed by atoms with Crippen molar-refractivity contribution < 1.29 is 0 Å². The number of rotatable bonds is 5. The van der Waals surface area contributed by atoms with Crippen molar-refractivity contribution in [1.29, 1.82) is 0 Å². The van der Waals surface area contributed by atoms with Gasteiger partial charge in [0, 0.05) is 56.0 Å². The Labute approximate surface area is 193 Å². The van der Waals surface area contributed by atoms with Crippen molar-refractivity contribution >= 4 is 27.8 Å². The third-order valence-corrected chi connectivity index (χ3v) is 6.93. The third kappa shape index (κ3) is 3.84. The van der Waals surface area contributed by atoms with Crippen LogP contribution >= 0.6 is 0 Å². The lowest BCUT2D eigenvalue weighted by atomic mass is 9.95. The van der Waals surface area contributed by atoms with Crippen LogP contribution in [-0.4, -0.2) is 32.6 Å². The molecular formula is C28H27N5. The third-order valence-electron chi connectivity index (χ3n) is 6.93. The Morgan fingerprint density at radius 1 is 0.939 bits per heavy atom. The Morgan fingerprint density at radius 3 is 2.79 bits per heavy atom. The zero-order chi connectivity index (χ0) is 22.2. The number of aromatic nitrogens is 4. The first-order chi connectivity index (χ1) is 16.2. The van der Waals surface area contributed by atoms with E-state index in [9.17, 15) is 0 Å². The van der Waals surface area contributed by atoms with E-state index < -0.39 is 0 Å². The molecule has 0 unspecified atom stereocenters. The highest BCUT2D eigenvalue weighted by molar-refractivity contribution is 5.95. The van der Waals surface area contributed by atoms with Crippen LogP contribution in [0.25, 0.3) is 33.1 Å². The molecule has 164 valence electrons. The second-order valence-corrected chi connectivity index (χ2v) is 9.10. The number of aryl methyl sites for hydroxylation is 2. The van der Waals surface area contributed by atoms with Crippen molar-refractivity contribution in [3.8, 4) is 11.1 Å². The summed E-state index contributed by atoms with van der Waals surface area (Å²) in [6.07, 6.45) is 11.0. The highest BCUT2D eigenvalue weighted by Gasteiger charge is 2.23. The predicted molar refractivity (Wildman–Crippen MR) is 134 cm³/mol. The number of hydrogen-bond acceptors (Lipinski definition) is 4. The zero-order valence-corrected chi connectivity index (χ0v) is 18.9. The second-order valence-electron chi connectivity index (χ2n) is 9.10. The molecule has 1 aliphatic rings. The van der Waals surface area contributed by atoms with Gasteiger partial charge < -0.3 is 9.47 Å². The normalized spacial score (nSPS) is 16.2. The van der Waals surface area contributed by atoms with Crippen LogP contribution in [0.1, 0.15) is 18.4 Å². The smallest absolute Gasteiger partial charge is 0.128 e. The molecule has 0 amide bonds. The highest BCUT2D eigenvalue weighted by atomic mass is 15.2. The van der Waals surface area contributed by atoms with Crippen LogP contribution in [0, 0.1) is 5.92 Å². The van der Waals surface area contributed by atoms with Gasteiger partial charge in [0.1, 0.15) is 5.82 Å². The summed E-state index contributed by atoms with van der Waals surface area (Å²) >= 11 is 0. The van der Waals surface area contributed by atoms with Crippen molar-refractivity contribution in [1.82, 2.24) is 19.5 Å². The summed E-state index contributed by atoms with van der Waals surface area (Å²) in [5, 5.41) is 1.26. The Morgan fingerprint density at radius 2 is 1.88 bits per heavy atom. The van der Waals surface area contributed by atoms with E-state index in [0.717, 1.165) is 36.4 Å². The molecule has 0 saturated carbocycles. The van der Waals surface area contributed by atoms with Gasteiger partial charge in [-0.3, -0.25) is 9.97 Å². The molecule has 3 aromatic heterocycles. The minimum atomic E-state index is 0.688. The van der Waals surface area contributed by atoms with Gasteiger partial charge in [-0.1, -0.05) is 18.2 Å². The molecule has 0 radical (unpaired) electrons. The van der Waals surface area contributed by atoms with E-state index in [1.165, 1.54) is 40.4 Å². The number of fused-ring (bicyclic) bond motifs is 2. The highest BCUT2D eigenvalue weighted by Crippen LogP contribution is 2.32. The maximum atomic E-state index is 4.69. The molecule has 0 N–H and O–H groups in total. The molecule has 0 bridgehead atoms. The molecule has 0 spiro atoms. The van der Waals surface area contributed by atoms with E-state index >= 15 is 0 Å². The SMILES string of the molecule is Cn1ccc2ccc(-c3cc(CC[C@H]4CCN(c5ccccn5)C4)cc4nccnc34)cc21. The summed E-state index contributed by atoms with van der Waals surface area (Å²) in [5.41, 5.74) is 6.87. The molecule has 5 aromatic rings. The average molecular weight is 434 g/mol. The maximum absolute atomic E-state index is 4.69. The van der Waals surface area contributed by atoms with Gasteiger partial charge in [-0.2, -0.15) is 0 Å². The van der Waals surface area contributed by atoms with E-state index in [2.05, 4.69) is 86.2 Å². The summed E-state index contributed by atoms with van der Waals surface area (Å²) in [6, 6.07) is 19.5. The maximum Gasteiger partial charge on any atom is 0.128 e. The fourth-order valence-corrected chi connectivity index (χ4v) is 5.12. The van der Waals surface area contributed by atoms with Gasteiger partial charge in [0.2, 0.25) is 0 Å². The Kier molecular flexibility index (Phi) is 5.02. The van der Waals surface area contributed by atoms with Gasteiger partial charge in [-0.25, -0.2) is 4.98 Å². The summed E-state index contributed by atoms with van der Waals surface area (Å²) < 4.78 is 2.17. The van der Waals surface area contributed by atoms with Gasteiger partial charge in [0.05, 0.1) is 11.0 Å².